The van der Waals surface area contributed by atoms with E-state index in [-0.39, 0.29) is 17.5 Å². The number of fused-ring (bicyclic) bond motifs is 2. The summed E-state index contributed by atoms with van der Waals surface area (Å²) in [6.07, 6.45) is 5.01. The van der Waals surface area contributed by atoms with Crippen molar-refractivity contribution in [3.63, 3.8) is 0 Å². The van der Waals surface area contributed by atoms with Crippen LogP contribution in [0.5, 0.6) is 0 Å². The van der Waals surface area contributed by atoms with Crippen molar-refractivity contribution >= 4 is 5.97 Å². The summed E-state index contributed by atoms with van der Waals surface area (Å²) in [6.45, 7) is 3.31. The molecule has 3 rings (SSSR count). The van der Waals surface area contributed by atoms with Crippen LogP contribution in [-0.2, 0) is 14.3 Å². The molecular formula is C12H18O3. The van der Waals surface area contributed by atoms with E-state index >= 15 is 0 Å². The quantitative estimate of drug-likeness (QED) is 0.526. The Balaban J connectivity index is 1.61. The molecule has 2 aliphatic carbocycles. The van der Waals surface area contributed by atoms with Crippen molar-refractivity contribution in [3.8, 4) is 0 Å². The van der Waals surface area contributed by atoms with Gasteiger partial charge in [-0.3, -0.25) is 4.79 Å². The van der Waals surface area contributed by atoms with Gasteiger partial charge in [0.15, 0.2) is 0 Å². The summed E-state index contributed by atoms with van der Waals surface area (Å²) in [7, 11) is 0. The molecule has 2 saturated carbocycles. The number of carbonyl (C=O) groups excluding carboxylic acids is 1. The number of rotatable bonds is 3. The van der Waals surface area contributed by atoms with Crippen LogP contribution in [0.4, 0.5) is 0 Å². The van der Waals surface area contributed by atoms with Gasteiger partial charge in [0.1, 0.15) is 12.7 Å². The second-order valence-electron chi connectivity index (χ2n) is 5.55. The molecule has 84 valence electrons. The van der Waals surface area contributed by atoms with Gasteiger partial charge in [-0.15, -0.1) is 0 Å². The minimum Gasteiger partial charge on any atom is -0.462 e. The summed E-state index contributed by atoms with van der Waals surface area (Å²) < 4.78 is 10.4. The minimum atomic E-state index is -0.183. The Morgan fingerprint density at radius 1 is 1.53 bits per heavy atom. The van der Waals surface area contributed by atoms with Crippen LogP contribution in [0.1, 0.15) is 32.6 Å². The molecule has 15 heavy (non-hydrogen) atoms. The van der Waals surface area contributed by atoms with Gasteiger partial charge in [0, 0.05) is 0 Å². The highest BCUT2D eigenvalue weighted by Crippen LogP contribution is 2.56. The van der Waals surface area contributed by atoms with Crippen molar-refractivity contribution in [2.24, 2.45) is 17.3 Å². The Morgan fingerprint density at radius 2 is 2.33 bits per heavy atom. The molecule has 0 aromatic heterocycles. The van der Waals surface area contributed by atoms with Crippen LogP contribution in [0.15, 0.2) is 0 Å². The van der Waals surface area contributed by atoms with E-state index in [0.29, 0.717) is 12.5 Å². The number of carbonyl (C=O) groups is 1. The zero-order valence-corrected chi connectivity index (χ0v) is 9.20. The molecule has 0 radical (unpaired) electrons. The van der Waals surface area contributed by atoms with Gasteiger partial charge in [-0.2, -0.15) is 0 Å². The van der Waals surface area contributed by atoms with Crippen molar-refractivity contribution in [1.82, 2.24) is 0 Å². The molecule has 0 spiro atoms. The lowest BCUT2D eigenvalue weighted by Crippen LogP contribution is -2.35. The van der Waals surface area contributed by atoms with Gasteiger partial charge >= 0.3 is 5.97 Å². The topological polar surface area (TPSA) is 38.8 Å². The standard InChI is InChI=1S/C12H18O3/c1-12(5-8-2-3-9(12)4-8)11(13)15-7-10-6-14-10/h8-10H,2-7H2,1H3. The van der Waals surface area contributed by atoms with Gasteiger partial charge in [-0.05, 0) is 38.0 Å². The van der Waals surface area contributed by atoms with Crippen LogP contribution < -0.4 is 0 Å². The van der Waals surface area contributed by atoms with Crippen LogP contribution in [0.3, 0.4) is 0 Å². The second kappa shape index (κ2) is 3.21. The van der Waals surface area contributed by atoms with Gasteiger partial charge in [0.25, 0.3) is 0 Å². The molecule has 1 heterocycles. The van der Waals surface area contributed by atoms with Gasteiger partial charge < -0.3 is 9.47 Å². The third-order valence-corrected chi connectivity index (χ3v) is 4.42. The molecule has 0 amide bonds. The number of ether oxygens (including phenoxy) is 2. The molecule has 4 atom stereocenters. The first-order chi connectivity index (χ1) is 7.18. The lowest BCUT2D eigenvalue weighted by Gasteiger charge is -2.31. The Morgan fingerprint density at radius 3 is 2.87 bits per heavy atom. The summed E-state index contributed by atoms with van der Waals surface area (Å²) >= 11 is 0. The third-order valence-electron chi connectivity index (χ3n) is 4.42. The SMILES string of the molecule is CC1(C(=O)OCC2CO2)CC2CCC1C2. The number of epoxide rings is 1. The van der Waals surface area contributed by atoms with Crippen molar-refractivity contribution in [1.29, 1.82) is 0 Å². The molecule has 3 nitrogen and oxygen atoms in total. The summed E-state index contributed by atoms with van der Waals surface area (Å²) in [5.74, 6) is 1.38. The summed E-state index contributed by atoms with van der Waals surface area (Å²) in [5, 5.41) is 0. The lowest BCUT2D eigenvalue weighted by atomic mass is 9.75. The van der Waals surface area contributed by atoms with E-state index in [9.17, 15) is 4.79 Å². The van der Waals surface area contributed by atoms with Crippen LogP contribution in [0.2, 0.25) is 0 Å². The summed E-state index contributed by atoms with van der Waals surface area (Å²) in [4.78, 5) is 12.0. The summed E-state index contributed by atoms with van der Waals surface area (Å²) in [5.41, 5.74) is -0.183. The Labute approximate surface area is 90.1 Å². The normalized spacial score (nSPS) is 46.9. The molecule has 1 saturated heterocycles. The van der Waals surface area contributed by atoms with E-state index in [1.165, 1.54) is 19.3 Å². The predicted molar refractivity (Wildman–Crippen MR) is 54.3 cm³/mol. The third kappa shape index (κ3) is 1.57. The van der Waals surface area contributed by atoms with Gasteiger partial charge in [-0.25, -0.2) is 0 Å². The molecule has 3 aliphatic rings. The van der Waals surface area contributed by atoms with Gasteiger partial charge in [0.05, 0.1) is 12.0 Å². The number of hydrogen-bond acceptors (Lipinski definition) is 3. The van der Waals surface area contributed by atoms with Crippen molar-refractivity contribution in [2.75, 3.05) is 13.2 Å². The lowest BCUT2D eigenvalue weighted by molar-refractivity contribution is -0.158. The molecule has 3 fully saturated rings. The summed E-state index contributed by atoms with van der Waals surface area (Å²) in [6, 6.07) is 0. The predicted octanol–water partition coefficient (Wildman–Crippen LogP) is 1.75. The zero-order chi connectivity index (χ0) is 10.5. The molecule has 3 heteroatoms. The average Bonchev–Trinajstić information content (AvgIpc) is 2.85. The molecule has 1 aliphatic heterocycles. The fraction of sp³-hybridized carbons (Fsp3) is 0.917. The van der Waals surface area contributed by atoms with Crippen LogP contribution in [-0.4, -0.2) is 25.3 Å². The monoisotopic (exact) mass is 210 g/mol. The first-order valence-corrected chi connectivity index (χ1v) is 5.97. The molecule has 0 N–H and O–H groups in total. The molecule has 0 aromatic carbocycles. The minimum absolute atomic E-state index is 0.0187. The Kier molecular flexibility index (Phi) is 2.06. The highest BCUT2D eigenvalue weighted by molar-refractivity contribution is 5.77. The fourth-order valence-corrected chi connectivity index (χ4v) is 3.35. The fourth-order valence-electron chi connectivity index (χ4n) is 3.35. The maximum absolute atomic E-state index is 12.0. The Bertz CT molecular complexity index is 285. The van der Waals surface area contributed by atoms with Crippen LogP contribution in [0, 0.1) is 17.3 Å². The number of hydrogen-bond donors (Lipinski definition) is 0. The van der Waals surface area contributed by atoms with Crippen molar-refractivity contribution < 1.29 is 14.3 Å². The van der Waals surface area contributed by atoms with Crippen molar-refractivity contribution in [3.05, 3.63) is 0 Å². The van der Waals surface area contributed by atoms with Gasteiger partial charge in [-0.1, -0.05) is 6.42 Å². The average molecular weight is 210 g/mol. The van der Waals surface area contributed by atoms with E-state index in [2.05, 4.69) is 6.92 Å². The molecular weight excluding hydrogens is 192 g/mol. The second-order valence-corrected chi connectivity index (χ2v) is 5.55. The van der Waals surface area contributed by atoms with Crippen LogP contribution in [0.25, 0.3) is 0 Å². The molecule has 4 unspecified atom stereocenters. The van der Waals surface area contributed by atoms with Gasteiger partial charge in [0.2, 0.25) is 0 Å². The van der Waals surface area contributed by atoms with E-state index in [4.69, 9.17) is 9.47 Å². The Hall–Kier alpha value is -0.570. The van der Waals surface area contributed by atoms with E-state index in [1.54, 1.807) is 0 Å². The van der Waals surface area contributed by atoms with E-state index in [1.807, 2.05) is 0 Å². The maximum Gasteiger partial charge on any atom is 0.312 e. The zero-order valence-electron chi connectivity index (χ0n) is 9.20. The maximum atomic E-state index is 12.0. The van der Waals surface area contributed by atoms with Crippen LogP contribution >= 0.6 is 0 Å². The highest BCUT2D eigenvalue weighted by Gasteiger charge is 2.53. The smallest absolute Gasteiger partial charge is 0.312 e. The first kappa shape index (κ1) is 9.64. The molecule has 0 aromatic rings. The van der Waals surface area contributed by atoms with Crippen molar-refractivity contribution in [2.45, 2.75) is 38.7 Å². The highest BCUT2D eigenvalue weighted by atomic mass is 16.6. The van der Waals surface area contributed by atoms with E-state index in [0.717, 1.165) is 18.9 Å². The van der Waals surface area contributed by atoms with E-state index < -0.39 is 0 Å². The number of esters is 1. The first-order valence-electron chi connectivity index (χ1n) is 5.97. The largest absolute Gasteiger partial charge is 0.462 e. The molecule has 2 bridgehead atoms.